The first-order chi connectivity index (χ1) is 26.7. The molecule has 5 aromatic rings. The summed E-state index contributed by atoms with van der Waals surface area (Å²) in [6, 6.07) is 10.8. The van der Waals surface area contributed by atoms with Crippen LogP contribution in [0.4, 0.5) is 35.5 Å². The van der Waals surface area contributed by atoms with E-state index >= 15 is 4.39 Å². The first kappa shape index (κ1) is 41.4. The lowest BCUT2D eigenvalue weighted by atomic mass is 9.96. The number of carbonyl (C=O) groups is 2. The van der Waals surface area contributed by atoms with Gasteiger partial charge in [0.05, 0.1) is 39.3 Å². The number of hydrogen-bond acceptors (Lipinski definition) is 7. The molecule has 1 atom stereocenters. The van der Waals surface area contributed by atoms with E-state index in [9.17, 15) is 35.9 Å². The molecule has 0 unspecified atom stereocenters. The summed E-state index contributed by atoms with van der Waals surface area (Å²) in [6.45, 7) is 9.85. The van der Waals surface area contributed by atoms with Gasteiger partial charge in [0, 0.05) is 35.8 Å². The fourth-order valence-electron chi connectivity index (χ4n) is 7.32. The van der Waals surface area contributed by atoms with E-state index in [-0.39, 0.29) is 41.5 Å². The zero-order valence-electron chi connectivity index (χ0n) is 32.1. The van der Waals surface area contributed by atoms with Gasteiger partial charge in [-0.15, -0.1) is 0 Å². The zero-order chi connectivity index (χ0) is 41.8. The van der Waals surface area contributed by atoms with Crippen LogP contribution < -0.4 is 5.73 Å². The van der Waals surface area contributed by atoms with Crippen molar-refractivity contribution in [3.05, 3.63) is 106 Å². The molecule has 0 saturated carbocycles. The largest absolute Gasteiger partial charge is 0.427 e. The van der Waals surface area contributed by atoms with E-state index in [4.69, 9.17) is 20.3 Å². The van der Waals surface area contributed by atoms with Crippen LogP contribution in [0.25, 0.3) is 27.8 Å². The van der Waals surface area contributed by atoms with Crippen LogP contribution >= 0.6 is 0 Å². The number of carbonyl (C=O) groups excluding carboxylic acids is 2. The summed E-state index contributed by atoms with van der Waals surface area (Å²) in [7, 11) is 0. The third kappa shape index (κ3) is 7.64. The van der Waals surface area contributed by atoms with Crippen molar-refractivity contribution in [1.29, 1.82) is 0 Å². The Balaban J connectivity index is 1.48. The number of aryl methyl sites for hydroxylation is 2. The molecule has 0 amide bonds. The van der Waals surface area contributed by atoms with Gasteiger partial charge in [0.2, 0.25) is 6.79 Å². The minimum atomic E-state index is -5.06. The molecule has 2 aromatic heterocycles. The second kappa shape index (κ2) is 15.3. The highest BCUT2D eigenvalue weighted by atomic mass is 19.4. The number of alkyl halides is 6. The Kier molecular flexibility index (Phi) is 11.1. The summed E-state index contributed by atoms with van der Waals surface area (Å²) in [5, 5.41) is 5.40. The summed E-state index contributed by atoms with van der Waals surface area (Å²) in [5.74, 6) is -1.79. The third-order valence-corrected chi connectivity index (χ3v) is 10.6. The van der Waals surface area contributed by atoms with E-state index in [0.717, 1.165) is 27.4 Å². The zero-order valence-corrected chi connectivity index (χ0v) is 32.1. The molecule has 304 valence electrons. The summed E-state index contributed by atoms with van der Waals surface area (Å²) >= 11 is 0. The Bertz CT molecular complexity index is 2320. The van der Waals surface area contributed by atoms with Crippen LogP contribution in [0.1, 0.15) is 80.6 Å². The minimum Gasteiger partial charge on any atom is -0.427 e. The molecule has 2 N–H and O–H groups in total. The lowest BCUT2D eigenvalue weighted by Gasteiger charge is -2.33. The molecule has 3 heterocycles. The van der Waals surface area contributed by atoms with Crippen molar-refractivity contribution in [3.63, 3.8) is 0 Å². The van der Waals surface area contributed by atoms with Crippen LogP contribution in [-0.4, -0.2) is 44.1 Å². The average molecular weight is 802 g/mol. The maximum absolute atomic E-state index is 15.8. The van der Waals surface area contributed by atoms with E-state index < -0.39 is 59.7 Å². The number of halogens is 7. The molecule has 0 aliphatic carbocycles. The smallest absolute Gasteiger partial charge is 0.421 e. The summed E-state index contributed by atoms with van der Waals surface area (Å²) in [4.78, 5) is 27.2. The first-order valence-corrected chi connectivity index (χ1v) is 18.4. The highest BCUT2D eigenvalue weighted by Crippen LogP contribution is 2.47. The lowest BCUT2D eigenvalue weighted by molar-refractivity contribution is -0.154. The second-order valence-electron chi connectivity index (χ2n) is 14.8. The van der Waals surface area contributed by atoms with Gasteiger partial charge in [-0.05, 0) is 79.6 Å². The highest BCUT2D eigenvalue weighted by Gasteiger charge is 2.45. The van der Waals surface area contributed by atoms with Gasteiger partial charge in [0.25, 0.3) is 0 Å². The van der Waals surface area contributed by atoms with E-state index in [1.807, 2.05) is 32.0 Å². The number of nitrogens with zero attached hydrogens (tertiary/aromatic N) is 4. The Hall–Kier alpha value is -5.22. The second-order valence-corrected chi connectivity index (χ2v) is 14.8. The first-order valence-electron chi connectivity index (χ1n) is 18.4. The van der Waals surface area contributed by atoms with Crippen molar-refractivity contribution in [3.8, 4) is 16.9 Å². The normalized spacial score (nSPS) is 15.0. The van der Waals surface area contributed by atoms with Crippen molar-refractivity contribution < 1.29 is 49.8 Å². The van der Waals surface area contributed by atoms with Crippen molar-refractivity contribution >= 4 is 23.0 Å². The Labute approximate surface area is 324 Å². The molecule has 0 spiro atoms. The standard InChI is InChI=1S/C41H42F7N5O4/c1-7-23-10-9-11-24(8-2)33(23)53-34(27-14-15-31(42)35-28(27)16-17-52(35)38(55)57-21-56-37(54)32(49)22(3)4)29-20-51(39(5,6)36(29)50-53)19-25-12-13-26(40(43,44)45)18-30(25)41(46,47)48/h9-18,22,32H,7-8,19-21,49H2,1-6H3/t32-/m0/s1. The molecular formula is C41H42F7N5O4. The number of rotatable bonds is 10. The third-order valence-electron chi connectivity index (χ3n) is 10.6. The number of hydrogen-bond donors (Lipinski definition) is 1. The Morgan fingerprint density at radius 3 is 2.18 bits per heavy atom. The fraction of sp³-hybridized carbons (Fsp3) is 0.390. The fourth-order valence-corrected chi connectivity index (χ4v) is 7.32. The van der Waals surface area contributed by atoms with Crippen molar-refractivity contribution in [2.75, 3.05) is 6.79 Å². The molecule has 0 bridgehead atoms. The van der Waals surface area contributed by atoms with Crippen LogP contribution in [-0.2, 0) is 58.1 Å². The minimum absolute atomic E-state index is 0.0250. The van der Waals surface area contributed by atoms with Gasteiger partial charge >= 0.3 is 24.4 Å². The van der Waals surface area contributed by atoms with Gasteiger partial charge < -0.3 is 15.2 Å². The van der Waals surface area contributed by atoms with Crippen LogP contribution in [0.2, 0.25) is 0 Å². The average Bonchev–Trinajstić information content (AvgIpc) is 3.82. The van der Waals surface area contributed by atoms with Crippen LogP contribution in [0.5, 0.6) is 0 Å². The number of aromatic nitrogens is 3. The van der Waals surface area contributed by atoms with Gasteiger partial charge in [-0.3, -0.25) is 9.69 Å². The van der Waals surface area contributed by atoms with E-state index in [0.29, 0.717) is 41.4 Å². The molecular weight excluding hydrogens is 759 g/mol. The number of benzene rings is 3. The Morgan fingerprint density at radius 1 is 0.912 bits per heavy atom. The van der Waals surface area contributed by atoms with Gasteiger partial charge in [0.15, 0.2) is 0 Å². The molecule has 6 rings (SSSR count). The SMILES string of the molecule is CCc1cccc(CC)c1-n1nc2c(c1-c1ccc(F)c3c1ccn3C(=O)OCOC(=O)[C@@H](N)C(C)C)CN(Cc1ccc(C(F)(F)F)cc1C(F)(F)F)C2(C)C. The van der Waals surface area contributed by atoms with E-state index in [1.54, 1.807) is 37.3 Å². The maximum Gasteiger partial charge on any atom is 0.421 e. The Morgan fingerprint density at radius 2 is 1.58 bits per heavy atom. The van der Waals surface area contributed by atoms with Gasteiger partial charge in [-0.25, -0.2) is 18.4 Å². The van der Waals surface area contributed by atoms with E-state index in [1.165, 1.54) is 24.4 Å². The summed E-state index contributed by atoms with van der Waals surface area (Å²) in [6.07, 6.45) is -8.54. The van der Waals surface area contributed by atoms with Crippen LogP contribution in [0, 0.1) is 11.7 Å². The predicted molar refractivity (Wildman–Crippen MR) is 198 cm³/mol. The van der Waals surface area contributed by atoms with Gasteiger partial charge in [-0.2, -0.15) is 31.4 Å². The predicted octanol–water partition coefficient (Wildman–Crippen LogP) is 9.52. The molecule has 0 saturated heterocycles. The molecule has 1 aliphatic rings. The quantitative estimate of drug-likeness (QED) is 0.0853. The maximum atomic E-state index is 15.8. The van der Waals surface area contributed by atoms with Crippen molar-refractivity contribution in [2.24, 2.45) is 11.7 Å². The van der Waals surface area contributed by atoms with Crippen LogP contribution in [0.3, 0.4) is 0 Å². The van der Waals surface area contributed by atoms with Gasteiger partial charge in [0.1, 0.15) is 11.9 Å². The van der Waals surface area contributed by atoms with Crippen molar-refractivity contribution in [2.45, 2.75) is 91.4 Å². The number of esters is 1. The molecule has 0 fully saturated rings. The number of para-hydroxylation sites is 1. The molecule has 57 heavy (non-hydrogen) atoms. The van der Waals surface area contributed by atoms with E-state index in [2.05, 4.69) is 0 Å². The summed E-state index contributed by atoms with van der Waals surface area (Å²) < 4.78 is 112. The number of ether oxygens (including phenoxy) is 2. The molecule has 3 aromatic carbocycles. The van der Waals surface area contributed by atoms with Gasteiger partial charge in [-0.1, -0.05) is 52.0 Å². The number of nitrogens with two attached hydrogens (primary N) is 1. The highest BCUT2D eigenvalue weighted by molar-refractivity contribution is 6.00. The molecule has 9 nitrogen and oxygen atoms in total. The molecule has 0 radical (unpaired) electrons. The monoisotopic (exact) mass is 801 g/mol. The van der Waals surface area contributed by atoms with Crippen LogP contribution in [0.15, 0.2) is 60.8 Å². The molecule has 1 aliphatic heterocycles. The lowest BCUT2D eigenvalue weighted by Crippen LogP contribution is -2.37. The number of fused-ring (bicyclic) bond motifs is 2. The topological polar surface area (TPSA) is 105 Å². The molecule has 16 heteroatoms. The summed E-state index contributed by atoms with van der Waals surface area (Å²) in [5.41, 5.74) is 6.16. The van der Waals surface area contributed by atoms with Crippen molar-refractivity contribution in [1.82, 2.24) is 19.2 Å².